The van der Waals surface area contributed by atoms with E-state index in [1.807, 2.05) is 61.5 Å². The van der Waals surface area contributed by atoms with E-state index in [0.717, 1.165) is 5.56 Å². The van der Waals surface area contributed by atoms with E-state index in [-0.39, 0.29) is 17.9 Å². The lowest BCUT2D eigenvalue weighted by molar-refractivity contribution is 0.0734. The van der Waals surface area contributed by atoms with Gasteiger partial charge in [-0.05, 0) is 30.0 Å². The van der Waals surface area contributed by atoms with Crippen LogP contribution in [0.25, 0.3) is 11.4 Å². The quantitative estimate of drug-likeness (QED) is 0.659. The Labute approximate surface area is 160 Å². The lowest BCUT2D eigenvalue weighted by Gasteiger charge is -2.21. The first-order valence-corrected chi connectivity index (χ1v) is 9.16. The summed E-state index contributed by atoms with van der Waals surface area (Å²) in [6.07, 6.45) is 0. The average molecular weight is 363 g/mol. The third-order valence-corrected chi connectivity index (χ3v) is 4.49. The Morgan fingerprint density at radius 1 is 1.04 bits per heavy atom. The van der Waals surface area contributed by atoms with Crippen LogP contribution in [0.4, 0.5) is 0 Å². The van der Waals surface area contributed by atoms with Crippen molar-refractivity contribution in [3.05, 3.63) is 71.6 Å². The molecule has 0 atom stereocenters. The van der Waals surface area contributed by atoms with Crippen molar-refractivity contribution in [2.45, 2.75) is 39.7 Å². The Morgan fingerprint density at radius 3 is 2.30 bits per heavy atom. The molecule has 3 aromatic rings. The SMILES string of the molecule is CCN(Cc1nc(-c2ccccc2)no1)C(=O)c1ccc(C(C)(C)C)cc1. The van der Waals surface area contributed by atoms with Gasteiger partial charge in [-0.2, -0.15) is 4.98 Å². The highest BCUT2D eigenvalue weighted by Gasteiger charge is 2.19. The average Bonchev–Trinajstić information content (AvgIpc) is 3.14. The molecule has 0 saturated heterocycles. The fraction of sp³-hybridized carbons (Fsp3) is 0.318. The van der Waals surface area contributed by atoms with Crippen molar-refractivity contribution >= 4 is 5.91 Å². The van der Waals surface area contributed by atoms with Gasteiger partial charge in [0.15, 0.2) is 0 Å². The summed E-state index contributed by atoms with van der Waals surface area (Å²) in [6, 6.07) is 17.4. The van der Waals surface area contributed by atoms with Crippen LogP contribution in [0.3, 0.4) is 0 Å². The first kappa shape index (κ1) is 18.8. The highest BCUT2D eigenvalue weighted by atomic mass is 16.5. The van der Waals surface area contributed by atoms with E-state index in [2.05, 4.69) is 30.9 Å². The maximum absolute atomic E-state index is 12.9. The van der Waals surface area contributed by atoms with Crippen LogP contribution in [0.2, 0.25) is 0 Å². The molecule has 0 aliphatic rings. The van der Waals surface area contributed by atoms with Crippen LogP contribution < -0.4 is 0 Å². The maximum Gasteiger partial charge on any atom is 0.254 e. The Morgan fingerprint density at radius 2 is 1.70 bits per heavy atom. The first-order chi connectivity index (χ1) is 12.9. The van der Waals surface area contributed by atoms with Crippen molar-refractivity contribution in [1.29, 1.82) is 0 Å². The van der Waals surface area contributed by atoms with Crippen LogP contribution in [0, 0.1) is 0 Å². The van der Waals surface area contributed by atoms with Gasteiger partial charge in [0, 0.05) is 17.7 Å². The van der Waals surface area contributed by atoms with Gasteiger partial charge in [0.25, 0.3) is 5.91 Å². The van der Waals surface area contributed by atoms with Crippen LogP contribution in [-0.4, -0.2) is 27.5 Å². The van der Waals surface area contributed by atoms with Gasteiger partial charge in [0.05, 0.1) is 0 Å². The molecular weight excluding hydrogens is 338 g/mol. The second-order valence-corrected chi connectivity index (χ2v) is 7.52. The number of nitrogens with zero attached hydrogens (tertiary/aromatic N) is 3. The van der Waals surface area contributed by atoms with E-state index in [0.29, 0.717) is 23.8 Å². The van der Waals surface area contributed by atoms with Crippen molar-refractivity contribution in [3.8, 4) is 11.4 Å². The van der Waals surface area contributed by atoms with E-state index in [4.69, 9.17) is 4.52 Å². The summed E-state index contributed by atoms with van der Waals surface area (Å²) in [5.41, 5.74) is 2.81. The van der Waals surface area contributed by atoms with Gasteiger partial charge >= 0.3 is 0 Å². The molecule has 2 aromatic carbocycles. The summed E-state index contributed by atoms with van der Waals surface area (Å²) in [7, 11) is 0. The predicted molar refractivity (Wildman–Crippen MR) is 105 cm³/mol. The normalized spacial score (nSPS) is 11.4. The molecule has 0 fully saturated rings. The molecule has 27 heavy (non-hydrogen) atoms. The number of hydrogen-bond donors (Lipinski definition) is 0. The van der Waals surface area contributed by atoms with Gasteiger partial charge in [0.2, 0.25) is 11.7 Å². The van der Waals surface area contributed by atoms with Crippen molar-refractivity contribution in [3.63, 3.8) is 0 Å². The molecule has 1 aromatic heterocycles. The van der Waals surface area contributed by atoms with Crippen LogP contribution in [0.15, 0.2) is 59.1 Å². The summed E-state index contributed by atoms with van der Waals surface area (Å²) in [5.74, 6) is 0.913. The molecule has 0 bridgehead atoms. The molecular formula is C22H25N3O2. The largest absolute Gasteiger partial charge is 0.337 e. The van der Waals surface area contributed by atoms with E-state index in [1.54, 1.807) is 4.90 Å². The second kappa shape index (κ2) is 7.74. The molecule has 0 spiro atoms. The van der Waals surface area contributed by atoms with Crippen LogP contribution in [0.5, 0.6) is 0 Å². The summed E-state index contributed by atoms with van der Waals surface area (Å²) < 4.78 is 5.35. The topological polar surface area (TPSA) is 59.2 Å². The molecule has 0 unspecified atom stereocenters. The molecule has 5 heteroatoms. The molecule has 0 saturated carbocycles. The minimum Gasteiger partial charge on any atom is -0.337 e. The van der Waals surface area contributed by atoms with Gasteiger partial charge in [0.1, 0.15) is 6.54 Å². The second-order valence-electron chi connectivity index (χ2n) is 7.52. The molecule has 0 aliphatic carbocycles. The first-order valence-electron chi connectivity index (χ1n) is 9.16. The minimum atomic E-state index is -0.0441. The van der Waals surface area contributed by atoms with Gasteiger partial charge in [-0.3, -0.25) is 4.79 Å². The fourth-order valence-corrected chi connectivity index (χ4v) is 2.81. The molecule has 1 amide bonds. The molecule has 1 heterocycles. The fourth-order valence-electron chi connectivity index (χ4n) is 2.81. The summed E-state index contributed by atoms with van der Waals surface area (Å²) in [5, 5.41) is 4.02. The van der Waals surface area contributed by atoms with Gasteiger partial charge in [-0.15, -0.1) is 0 Å². The molecule has 3 rings (SSSR count). The van der Waals surface area contributed by atoms with Crippen LogP contribution >= 0.6 is 0 Å². The lowest BCUT2D eigenvalue weighted by atomic mass is 9.86. The highest BCUT2D eigenvalue weighted by Crippen LogP contribution is 2.23. The maximum atomic E-state index is 12.9. The molecule has 0 aliphatic heterocycles. The van der Waals surface area contributed by atoms with E-state index >= 15 is 0 Å². The molecule has 0 N–H and O–H groups in total. The predicted octanol–water partition coefficient (Wildman–Crippen LogP) is 4.70. The minimum absolute atomic E-state index is 0.0441. The number of benzene rings is 2. The smallest absolute Gasteiger partial charge is 0.254 e. The zero-order chi connectivity index (χ0) is 19.4. The van der Waals surface area contributed by atoms with E-state index in [1.165, 1.54) is 5.56 Å². The van der Waals surface area contributed by atoms with Crippen molar-refractivity contribution in [1.82, 2.24) is 15.0 Å². The highest BCUT2D eigenvalue weighted by molar-refractivity contribution is 5.94. The number of carbonyl (C=O) groups is 1. The number of rotatable bonds is 5. The van der Waals surface area contributed by atoms with Crippen molar-refractivity contribution in [2.75, 3.05) is 6.54 Å². The van der Waals surface area contributed by atoms with Crippen LogP contribution in [-0.2, 0) is 12.0 Å². The third-order valence-electron chi connectivity index (χ3n) is 4.49. The summed E-state index contributed by atoms with van der Waals surface area (Å²) in [6.45, 7) is 9.25. The Hall–Kier alpha value is -2.95. The summed E-state index contributed by atoms with van der Waals surface area (Å²) in [4.78, 5) is 19.0. The van der Waals surface area contributed by atoms with Gasteiger partial charge < -0.3 is 9.42 Å². The molecule has 140 valence electrons. The number of carbonyl (C=O) groups excluding carboxylic acids is 1. The molecule has 0 radical (unpaired) electrons. The third kappa shape index (κ3) is 4.42. The van der Waals surface area contributed by atoms with Gasteiger partial charge in [-0.25, -0.2) is 0 Å². The zero-order valence-electron chi connectivity index (χ0n) is 16.3. The molecule has 5 nitrogen and oxygen atoms in total. The number of hydrogen-bond acceptors (Lipinski definition) is 4. The Balaban J connectivity index is 1.73. The van der Waals surface area contributed by atoms with Crippen molar-refractivity contribution in [2.24, 2.45) is 0 Å². The Bertz CT molecular complexity index is 893. The van der Waals surface area contributed by atoms with Crippen LogP contribution in [0.1, 0.15) is 49.5 Å². The number of amides is 1. The van der Waals surface area contributed by atoms with Gasteiger partial charge in [-0.1, -0.05) is 68.4 Å². The monoisotopic (exact) mass is 363 g/mol. The zero-order valence-corrected chi connectivity index (χ0v) is 16.3. The van der Waals surface area contributed by atoms with Crippen molar-refractivity contribution < 1.29 is 9.32 Å². The standard InChI is InChI=1S/C22H25N3O2/c1-5-25(21(26)17-11-13-18(14-12-17)22(2,3)4)15-19-23-20(24-27-19)16-9-7-6-8-10-16/h6-14H,5,15H2,1-4H3. The summed E-state index contributed by atoms with van der Waals surface area (Å²) >= 11 is 0. The lowest BCUT2D eigenvalue weighted by Crippen LogP contribution is -2.30. The van der Waals surface area contributed by atoms with E-state index in [9.17, 15) is 4.79 Å². The number of aromatic nitrogens is 2. The van der Waals surface area contributed by atoms with E-state index < -0.39 is 0 Å². The Kier molecular flexibility index (Phi) is 5.40.